The fourth-order valence-corrected chi connectivity index (χ4v) is 4.24. The van der Waals surface area contributed by atoms with Crippen LogP contribution >= 0.6 is 23.1 Å². The third-order valence-corrected chi connectivity index (χ3v) is 6.37. The summed E-state index contributed by atoms with van der Waals surface area (Å²) in [6, 6.07) is 11.5. The highest BCUT2D eigenvalue weighted by Gasteiger charge is 2.16. The van der Waals surface area contributed by atoms with Gasteiger partial charge >= 0.3 is 0 Å². The lowest BCUT2D eigenvalue weighted by Crippen LogP contribution is -2.11. The standard InChI is InChI=1S/C19H16FN7OS2/c1-11-4-3-5-15(12(11)2)27-19(24-25-26-27)29-10-16-22-23-18(30-16)17(28)21-14-8-6-13(20)7-9-14/h3-9H,10H2,1-2H3,(H,21,28). The van der Waals surface area contributed by atoms with Gasteiger partial charge in [-0.1, -0.05) is 35.2 Å². The van der Waals surface area contributed by atoms with Crippen LogP contribution in [0, 0.1) is 19.7 Å². The van der Waals surface area contributed by atoms with Crippen LogP contribution in [0.2, 0.25) is 0 Å². The van der Waals surface area contributed by atoms with E-state index in [9.17, 15) is 9.18 Å². The first kappa shape index (κ1) is 20.1. The van der Waals surface area contributed by atoms with E-state index in [1.165, 1.54) is 47.4 Å². The highest BCUT2D eigenvalue weighted by molar-refractivity contribution is 7.98. The predicted molar refractivity (Wildman–Crippen MR) is 112 cm³/mol. The van der Waals surface area contributed by atoms with Crippen LogP contribution in [0.3, 0.4) is 0 Å². The molecule has 2 aromatic heterocycles. The molecule has 2 heterocycles. The van der Waals surface area contributed by atoms with Crippen molar-refractivity contribution in [3.05, 3.63) is 69.4 Å². The van der Waals surface area contributed by atoms with E-state index in [-0.39, 0.29) is 10.8 Å². The maximum Gasteiger partial charge on any atom is 0.286 e. The number of nitrogens with one attached hydrogen (secondary N) is 1. The first-order valence-electron chi connectivity index (χ1n) is 8.88. The molecule has 0 radical (unpaired) electrons. The third-order valence-electron chi connectivity index (χ3n) is 4.33. The van der Waals surface area contributed by atoms with Gasteiger partial charge < -0.3 is 5.32 Å². The Kier molecular flexibility index (Phi) is 5.81. The molecule has 1 amide bonds. The highest BCUT2D eigenvalue weighted by atomic mass is 32.2. The number of aromatic nitrogens is 6. The Balaban J connectivity index is 1.43. The van der Waals surface area contributed by atoms with Gasteiger partial charge in [0.2, 0.25) is 10.2 Å². The fourth-order valence-electron chi connectivity index (χ4n) is 2.63. The van der Waals surface area contributed by atoms with E-state index >= 15 is 0 Å². The molecular weight excluding hydrogens is 425 g/mol. The lowest BCUT2D eigenvalue weighted by atomic mass is 10.1. The van der Waals surface area contributed by atoms with Crippen molar-refractivity contribution < 1.29 is 9.18 Å². The smallest absolute Gasteiger partial charge is 0.286 e. The number of hydrogen-bond donors (Lipinski definition) is 1. The molecule has 8 nitrogen and oxygen atoms in total. The molecule has 4 aromatic rings. The topological polar surface area (TPSA) is 98.5 Å². The van der Waals surface area contributed by atoms with Crippen molar-refractivity contribution in [2.24, 2.45) is 0 Å². The minimum Gasteiger partial charge on any atom is -0.320 e. The number of benzene rings is 2. The van der Waals surface area contributed by atoms with Gasteiger partial charge in [0, 0.05) is 5.69 Å². The second kappa shape index (κ2) is 8.67. The van der Waals surface area contributed by atoms with Crippen molar-refractivity contribution in [3.8, 4) is 5.69 Å². The van der Waals surface area contributed by atoms with Crippen molar-refractivity contribution in [2.75, 3.05) is 5.32 Å². The molecule has 0 fully saturated rings. The molecule has 0 unspecified atom stereocenters. The van der Waals surface area contributed by atoms with Crippen LogP contribution in [0.25, 0.3) is 5.69 Å². The maximum atomic E-state index is 13.0. The van der Waals surface area contributed by atoms with Gasteiger partial charge in [0.15, 0.2) is 0 Å². The molecule has 0 atom stereocenters. The lowest BCUT2D eigenvalue weighted by Gasteiger charge is -2.09. The molecule has 0 spiro atoms. The number of rotatable bonds is 6. The van der Waals surface area contributed by atoms with E-state index in [2.05, 4.69) is 31.0 Å². The van der Waals surface area contributed by atoms with Gasteiger partial charge in [-0.2, -0.15) is 4.68 Å². The van der Waals surface area contributed by atoms with Gasteiger partial charge in [-0.3, -0.25) is 4.79 Å². The number of thioether (sulfide) groups is 1. The zero-order chi connectivity index (χ0) is 21.1. The van der Waals surface area contributed by atoms with E-state index in [4.69, 9.17) is 0 Å². The van der Waals surface area contributed by atoms with Gasteiger partial charge in [-0.25, -0.2) is 4.39 Å². The molecule has 2 aromatic carbocycles. The van der Waals surface area contributed by atoms with Crippen molar-refractivity contribution in [1.29, 1.82) is 0 Å². The number of carbonyl (C=O) groups is 1. The first-order valence-corrected chi connectivity index (χ1v) is 10.7. The van der Waals surface area contributed by atoms with Crippen LogP contribution in [0.15, 0.2) is 47.6 Å². The second-order valence-corrected chi connectivity index (χ2v) is 8.35. The second-order valence-electron chi connectivity index (χ2n) is 6.34. The maximum absolute atomic E-state index is 13.0. The molecule has 152 valence electrons. The Morgan fingerprint density at radius 2 is 1.93 bits per heavy atom. The van der Waals surface area contributed by atoms with E-state index in [0.717, 1.165) is 16.8 Å². The number of amides is 1. The number of carbonyl (C=O) groups excluding carboxylic acids is 1. The molecule has 4 rings (SSSR count). The van der Waals surface area contributed by atoms with Crippen LogP contribution in [-0.2, 0) is 5.75 Å². The Bertz CT molecular complexity index is 1190. The Morgan fingerprint density at radius 1 is 1.13 bits per heavy atom. The Morgan fingerprint density at radius 3 is 2.73 bits per heavy atom. The van der Waals surface area contributed by atoms with Crippen LogP contribution in [-0.4, -0.2) is 36.3 Å². The average molecular weight is 442 g/mol. The monoisotopic (exact) mass is 441 g/mol. The molecule has 30 heavy (non-hydrogen) atoms. The average Bonchev–Trinajstić information content (AvgIpc) is 3.40. The first-order chi connectivity index (χ1) is 14.5. The van der Waals surface area contributed by atoms with E-state index in [1.54, 1.807) is 4.68 Å². The van der Waals surface area contributed by atoms with Gasteiger partial charge in [-0.05, 0) is 65.7 Å². The zero-order valence-corrected chi connectivity index (χ0v) is 17.7. The fraction of sp³-hybridized carbons (Fsp3) is 0.158. The minimum atomic E-state index is -0.393. The van der Waals surface area contributed by atoms with E-state index < -0.39 is 5.91 Å². The molecular formula is C19H16FN7OS2. The molecule has 0 aliphatic carbocycles. The normalized spacial score (nSPS) is 10.9. The Labute approximate surface area is 179 Å². The van der Waals surface area contributed by atoms with Crippen LogP contribution < -0.4 is 5.32 Å². The summed E-state index contributed by atoms with van der Waals surface area (Å²) in [5.74, 6) is -0.297. The summed E-state index contributed by atoms with van der Waals surface area (Å²) in [5.41, 5.74) is 3.65. The molecule has 0 aliphatic rings. The van der Waals surface area contributed by atoms with Crippen LogP contribution in [0.4, 0.5) is 10.1 Å². The quantitative estimate of drug-likeness (QED) is 0.454. The van der Waals surface area contributed by atoms with Crippen molar-refractivity contribution in [2.45, 2.75) is 24.8 Å². The highest BCUT2D eigenvalue weighted by Crippen LogP contribution is 2.26. The predicted octanol–water partition coefficient (Wildman–Crippen LogP) is 3.81. The molecule has 0 saturated heterocycles. The summed E-state index contributed by atoms with van der Waals surface area (Å²) in [6.45, 7) is 4.06. The largest absolute Gasteiger partial charge is 0.320 e. The number of tetrazole rings is 1. The summed E-state index contributed by atoms with van der Waals surface area (Å²) in [6.07, 6.45) is 0. The van der Waals surface area contributed by atoms with Crippen molar-refractivity contribution in [1.82, 2.24) is 30.4 Å². The molecule has 11 heteroatoms. The minimum absolute atomic E-state index is 0.226. The summed E-state index contributed by atoms with van der Waals surface area (Å²) in [5, 5.41) is 24.2. The number of hydrogen-bond acceptors (Lipinski definition) is 8. The third kappa shape index (κ3) is 4.36. The number of anilines is 1. The lowest BCUT2D eigenvalue weighted by molar-refractivity contribution is 0.102. The summed E-state index contributed by atoms with van der Waals surface area (Å²) >= 11 is 2.59. The number of aryl methyl sites for hydroxylation is 1. The van der Waals surface area contributed by atoms with Crippen LogP contribution in [0.5, 0.6) is 0 Å². The van der Waals surface area contributed by atoms with Gasteiger partial charge in [0.1, 0.15) is 10.8 Å². The van der Waals surface area contributed by atoms with Gasteiger partial charge in [0.05, 0.1) is 11.4 Å². The number of halogens is 1. The van der Waals surface area contributed by atoms with Crippen LogP contribution in [0.1, 0.15) is 25.9 Å². The molecule has 0 bridgehead atoms. The van der Waals surface area contributed by atoms with Crippen molar-refractivity contribution in [3.63, 3.8) is 0 Å². The summed E-state index contributed by atoms with van der Waals surface area (Å²) in [4.78, 5) is 12.3. The summed E-state index contributed by atoms with van der Waals surface area (Å²) in [7, 11) is 0. The number of nitrogens with zero attached hydrogens (tertiary/aromatic N) is 6. The SMILES string of the molecule is Cc1cccc(-n2nnnc2SCc2nnc(C(=O)Nc3ccc(F)cc3)s2)c1C. The van der Waals surface area contributed by atoms with Gasteiger partial charge in [0.25, 0.3) is 5.91 Å². The van der Waals surface area contributed by atoms with Crippen molar-refractivity contribution >= 4 is 34.7 Å². The Hall–Kier alpha value is -3.18. The van der Waals surface area contributed by atoms with E-state index in [0.29, 0.717) is 21.6 Å². The zero-order valence-electron chi connectivity index (χ0n) is 16.0. The molecule has 0 aliphatic heterocycles. The molecule has 1 N–H and O–H groups in total. The van der Waals surface area contributed by atoms with E-state index in [1.807, 2.05) is 32.0 Å². The summed E-state index contributed by atoms with van der Waals surface area (Å²) < 4.78 is 14.7. The molecule has 0 saturated carbocycles. The van der Waals surface area contributed by atoms with Gasteiger partial charge in [-0.15, -0.1) is 15.3 Å².